The highest BCUT2D eigenvalue weighted by Gasteiger charge is 2.25. The monoisotopic (exact) mass is 396 g/mol. The molecule has 162 valence electrons. The van der Waals surface area contributed by atoms with Crippen molar-refractivity contribution in [1.82, 2.24) is 10.6 Å². The van der Waals surface area contributed by atoms with E-state index in [1.165, 1.54) is 70.3 Å². The lowest BCUT2D eigenvalue weighted by atomic mass is 9.91. The number of ether oxygens (including phenoxy) is 1. The molecule has 0 aliphatic heterocycles. The zero-order valence-electron chi connectivity index (χ0n) is 17.8. The van der Waals surface area contributed by atoms with Gasteiger partial charge in [0.15, 0.2) is 0 Å². The highest BCUT2D eigenvalue weighted by atomic mass is 16.5. The number of amides is 1. The van der Waals surface area contributed by atoms with Crippen molar-refractivity contribution >= 4 is 12.1 Å². The van der Waals surface area contributed by atoms with Gasteiger partial charge in [-0.1, -0.05) is 71.4 Å². The smallest absolute Gasteiger partial charge is 0.408 e. The Morgan fingerprint density at radius 3 is 1.96 bits per heavy atom. The molecule has 0 aromatic carbocycles. The minimum absolute atomic E-state index is 0.0681. The summed E-state index contributed by atoms with van der Waals surface area (Å²) in [5.74, 6) is -1.20. The molecule has 0 radical (unpaired) electrons. The molecule has 0 saturated heterocycles. The Hall–Kier alpha value is -1.56. The molecule has 2 rings (SSSR count). The SMILES string of the molecule is C1CCC(NC2CCCCC2)CC1.C=CCOC(=O)N[C@H](C(=O)O)[C@@H](C)CC. The van der Waals surface area contributed by atoms with Crippen molar-refractivity contribution in [1.29, 1.82) is 0 Å². The largest absolute Gasteiger partial charge is 0.480 e. The Balaban J connectivity index is 0.000000281. The third kappa shape index (κ3) is 10.1. The zero-order chi connectivity index (χ0) is 20.8. The van der Waals surface area contributed by atoms with Gasteiger partial charge in [-0.15, -0.1) is 0 Å². The van der Waals surface area contributed by atoms with Gasteiger partial charge in [-0.2, -0.15) is 0 Å². The third-order valence-corrected chi connectivity index (χ3v) is 5.77. The van der Waals surface area contributed by atoms with Crippen molar-refractivity contribution in [3.05, 3.63) is 12.7 Å². The molecule has 0 aromatic heterocycles. The first-order chi connectivity index (χ1) is 13.5. The number of nitrogens with one attached hydrogen (secondary N) is 2. The number of rotatable bonds is 8. The second-order valence-corrected chi connectivity index (χ2v) is 8.07. The first-order valence-electron chi connectivity index (χ1n) is 11.0. The van der Waals surface area contributed by atoms with E-state index >= 15 is 0 Å². The molecule has 6 heteroatoms. The van der Waals surface area contributed by atoms with E-state index < -0.39 is 18.1 Å². The van der Waals surface area contributed by atoms with Crippen LogP contribution in [0, 0.1) is 5.92 Å². The zero-order valence-corrected chi connectivity index (χ0v) is 17.8. The lowest BCUT2D eigenvalue weighted by Crippen LogP contribution is -2.45. The quantitative estimate of drug-likeness (QED) is 0.520. The van der Waals surface area contributed by atoms with Crippen LogP contribution in [0.1, 0.15) is 84.5 Å². The predicted molar refractivity (Wildman–Crippen MR) is 112 cm³/mol. The Bertz CT molecular complexity index is 441. The van der Waals surface area contributed by atoms with Crippen molar-refractivity contribution in [2.45, 2.75) is 103 Å². The first-order valence-corrected chi connectivity index (χ1v) is 11.0. The van der Waals surface area contributed by atoms with E-state index in [9.17, 15) is 9.59 Å². The van der Waals surface area contributed by atoms with Crippen LogP contribution in [0.3, 0.4) is 0 Å². The van der Waals surface area contributed by atoms with Gasteiger partial charge in [-0.3, -0.25) is 0 Å². The van der Waals surface area contributed by atoms with Gasteiger partial charge in [0.25, 0.3) is 0 Å². The van der Waals surface area contributed by atoms with Crippen molar-refractivity contribution in [3.63, 3.8) is 0 Å². The number of carboxylic acid groups (broad SMARTS) is 1. The summed E-state index contributed by atoms with van der Waals surface area (Å²) >= 11 is 0. The van der Waals surface area contributed by atoms with Crippen molar-refractivity contribution in [3.8, 4) is 0 Å². The van der Waals surface area contributed by atoms with Crippen LogP contribution < -0.4 is 10.6 Å². The number of carboxylic acids is 1. The molecule has 2 saturated carbocycles. The summed E-state index contributed by atoms with van der Waals surface area (Å²) in [6, 6.07) is 0.834. The van der Waals surface area contributed by atoms with Gasteiger partial charge < -0.3 is 20.5 Å². The lowest BCUT2D eigenvalue weighted by Gasteiger charge is -2.30. The van der Waals surface area contributed by atoms with Crippen LogP contribution in [0.25, 0.3) is 0 Å². The number of alkyl carbamates (subject to hydrolysis) is 1. The van der Waals surface area contributed by atoms with Crippen molar-refractivity contribution in [2.24, 2.45) is 5.92 Å². The van der Waals surface area contributed by atoms with Gasteiger partial charge >= 0.3 is 12.1 Å². The molecule has 0 bridgehead atoms. The maximum atomic E-state index is 11.1. The summed E-state index contributed by atoms with van der Waals surface area (Å²) in [5, 5.41) is 15.0. The summed E-state index contributed by atoms with van der Waals surface area (Å²) in [6.45, 7) is 7.06. The second kappa shape index (κ2) is 14.4. The van der Waals surface area contributed by atoms with Crippen LogP contribution in [0.4, 0.5) is 4.79 Å². The molecule has 28 heavy (non-hydrogen) atoms. The van der Waals surface area contributed by atoms with Crippen molar-refractivity contribution < 1.29 is 19.4 Å². The molecule has 0 spiro atoms. The maximum absolute atomic E-state index is 11.1. The van der Waals surface area contributed by atoms with Crippen LogP contribution in [0.5, 0.6) is 0 Å². The minimum atomic E-state index is -1.06. The van der Waals surface area contributed by atoms with Gasteiger partial charge in [0.2, 0.25) is 0 Å². The number of carbonyl (C=O) groups is 2. The molecule has 3 N–H and O–H groups in total. The standard InChI is InChI=1S/C12H23N.C10H17NO4/c1-3-7-11(8-4-1)13-12-9-5-2-6-10-12;1-4-6-15-10(14)11-8(9(12)13)7(3)5-2/h11-13H,1-10H2;4,7-8H,1,5-6H2,2-3H3,(H,11,14)(H,12,13)/t;7-,8-/m.0/s1. The highest BCUT2D eigenvalue weighted by Crippen LogP contribution is 2.22. The number of aliphatic carboxylic acids is 1. The molecule has 0 heterocycles. The van der Waals surface area contributed by atoms with E-state index in [4.69, 9.17) is 5.11 Å². The molecule has 2 fully saturated rings. The van der Waals surface area contributed by atoms with E-state index in [2.05, 4.69) is 21.9 Å². The van der Waals surface area contributed by atoms with Crippen LogP contribution >= 0.6 is 0 Å². The highest BCUT2D eigenvalue weighted by molar-refractivity contribution is 5.80. The average molecular weight is 397 g/mol. The molecule has 1 amide bonds. The summed E-state index contributed by atoms with van der Waals surface area (Å²) in [7, 11) is 0. The Morgan fingerprint density at radius 1 is 1.07 bits per heavy atom. The number of carbonyl (C=O) groups excluding carboxylic acids is 1. The molecule has 2 atom stereocenters. The summed E-state index contributed by atoms with van der Waals surface area (Å²) in [5.41, 5.74) is 0. The molecular formula is C22H40N2O4. The number of hydrogen-bond acceptors (Lipinski definition) is 4. The topological polar surface area (TPSA) is 87.7 Å². The Labute approximate surface area is 170 Å². The fraction of sp³-hybridized carbons (Fsp3) is 0.818. The Morgan fingerprint density at radius 2 is 1.57 bits per heavy atom. The minimum Gasteiger partial charge on any atom is -0.480 e. The summed E-state index contributed by atoms with van der Waals surface area (Å²) < 4.78 is 4.64. The molecule has 6 nitrogen and oxygen atoms in total. The molecule has 2 aliphatic rings. The van der Waals surface area contributed by atoms with E-state index in [0.717, 1.165) is 12.1 Å². The normalized spacial score (nSPS) is 20.2. The fourth-order valence-electron chi connectivity index (χ4n) is 3.86. The molecule has 0 unspecified atom stereocenters. The lowest BCUT2D eigenvalue weighted by molar-refractivity contribution is -0.140. The van der Waals surface area contributed by atoms with E-state index in [0.29, 0.717) is 6.42 Å². The summed E-state index contributed by atoms with van der Waals surface area (Å²) in [6.07, 6.45) is 15.9. The van der Waals surface area contributed by atoms with Crippen molar-refractivity contribution in [2.75, 3.05) is 6.61 Å². The van der Waals surface area contributed by atoms with E-state index in [1.54, 1.807) is 6.92 Å². The van der Waals surface area contributed by atoms with Crippen LogP contribution in [0.2, 0.25) is 0 Å². The predicted octanol–water partition coefficient (Wildman–Crippen LogP) is 4.64. The maximum Gasteiger partial charge on any atom is 0.408 e. The van der Waals surface area contributed by atoms with E-state index in [1.807, 2.05) is 6.92 Å². The van der Waals surface area contributed by atoms with Gasteiger partial charge in [-0.25, -0.2) is 9.59 Å². The van der Waals surface area contributed by atoms with Gasteiger partial charge in [0.1, 0.15) is 12.6 Å². The third-order valence-electron chi connectivity index (χ3n) is 5.77. The molecule has 2 aliphatic carbocycles. The van der Waals surface area contributed by atoms with Gasteiger partial charge in [0.05, 0.1) is 0 Å². The Kier molecular flexibility index (Phi) is 12.6. The van der Waals surface area contributed by atoms with Crippen LogP contribution in [-0.2, 0) is 9.53 Å². The number of hydrogen-bond donors (Lipinski definition) is 3. The first kappa shape index (κ1) is 24.5. The van der Waals surface area contributed by atoms with E-state index in [-0.39, 0.29) is 12.5 Å². The fourth-order valence-corrected chi connectivity index (χ4v) is 3.86. The molecular weight excluding hydrogens is 356 g/mol. The average Bonchev–Trinajstić information content (AvgIpc) is 2.71. The molecule has 0 aromatic rings. The van der Waals surface area contributed by atoms with Gasteiger partial charge in [0, 0.05) is 12.1 Å². The summed E-state index contributed by atoms with van der Waals surface area (Å²) in [4.78, 5) is 21.9. The van der Waals surface area contributed by atoms with Crippen LogP contribution in [-0.4, -0.2) is 41.9 Å². The van der Waals surface area contributed by atoms with Crippen LogP contribution in [0.15, 0.2) is 12.7 Å². The second-order valence-electron chi connectivity index (χ2n) is 8.07. The van der Waals surface area contributed by atoms with Gasteiger partial charge in [-0.05, 0) is 31.6 Å².